The monoisotopic (exact) mass is 282 g/mol. The third-order valence-electron chi connectivity index (χ3n) is 4.83. The van der Waals surface area contributed by atoms with Gasteiger partial charge >= 0.3 is 0 Å². The molecular weight excluding hydrogens is 260 g/mol. The van der Waals surface area contributed by atoms with Gasteiger partial charge in [-0.05, 0) is 68.1 Å². The largest absolute Gasteiger partial charge is 0.338 e. The van der Waals surface area contributed by atoms with E-state index in [4.69, 9.17) is 0 Å². The van der Waals surface area contributed by atoms with E-state index in [0.29, 0.717) is 6.42 Å². The van der Waals surface area contributed by atoms with Crippen LogP contribution in [0.2, 0.25) is 0 Å². The molecule has 3 rings (SSSR count). The quantitative estimate of drug-likeness (QED) is 0.926. The Morgan fingerprint density at radius 1 is 1.14 bits per heavy atom. The van der Waals surface area contributed by atoms with Crippen molar-refractivity contribution in [2.45, 2.75) is 63.3 Å². The Hall–Kier alpha value is -1.82. The molecule has 0 spiro atoms. The number of carbonyl (C=O) groups excluding carboxylic acids is 1. The van der Waals surface area contributed by atoms with Gasteiger partial charge < -0.3 is 5.32 Å². The molecule has 0 aromatic heterocycles. The number of aryl methyl sites for hydroxylation is 2. The van der Waals surface area contributed by atoms with E-state index < -0.39 is 5.54 Å². The highest BCUT2D eigenvalue weighted by atomic mass is 16.1. The number of rotatable bonds is 3. The summed E-state index contributed by atoms with van der Waals surface area (Å²) < 4.78 is 0. The number of hydrogen-bond donors (Lipinski definition) is 1. The van der Waals surface area contributed by atoms with Crippen LogP contribution in [0.5, 0.6) is 0 Å². The lowest BCUT2D eigenvalue weighted by Gasteiger charge is -2.22. The van der Waals surface area contributed by atoms with Crippen molar-refractivity contribution in [2.24, 2.45) is 0 Å². The SMILES string of the molecule is N#CC1(NC(=O)Cc2ccc3c(c2)CCCC3)CCCC1. The van der Waals surface area contributed by atoms with Gasteiger partial charge in [0, 0.05) is 0 Å². The second-order valence-electron chi connectivity index (χ2n) is 6.44. The highest BCUT2D eigenvalue weighted by Gasteiger charge is 2.35. The predicted octanol–water partition coefficient (Wildman–Crippen LogP) is 3.06. The molecule has 21 heavy (non-hydrogen) atoms. The molecule has 1 saturated carbocycles. The minimum atomic E-state index is -0.606. The standard InChI is InChI=1S/C18H22N2O/c19-13-18(9-3-4-10-18)20-17(21)12-14-7-8-15-5-1-2-6-16(15)11-14/h7-8,11H,1-6,9-10,12H2,(H,20,21). The molecule has 3 nitrogen and oxygen atoms in total. The van der Waals surface area contributed by atoms with E-state index in [1.54, 1.807) is 0 Å². The van der Waals surface area contributed by atoms with Crippen LogP contribution in [0.3, 0.4) is 0 Å². The van der Waals surface area contributed by atoms with E-state index in [1.165, 1.54) is 30.4 Å². The van der Waals surface area contributed by atoms with Crippen LogP contribution >= 0.6 is 0 Å². The lowest BCUT2D eigenvalue weighted by Crippen LogP contribution is -2.45. The second kappa shape index (κ2) is 5.89. The Bertz CT molecular complexity index is 579. The highest BCUT2D eigenvalue weighted by molar-refractivity contribution is 5.80. The van der Waals surface area contributed by atoms with E-state index in [-0.39, 0.29) is 5.91 Å². The van der Waals surface area contributed by atoms with Gasteiger partial charge in [0.2, 0.25) is 5.91 Å². The van der Waals surface area contributed by atoms with Gasteiger partial charge in [-0.1, -0.05) is 18.2 Å². The molecule has 1 fully saturated rings. The molecule has 0 bridgehead atoms. The van der Waals surface area contributed by atoms with Gasteiger partial charge in [0.1, 0.15) is 5.54 Å². The zero-order chi connectivity index (χ0) is 14.7. The molecule has 0 saturated heterocycles. The maximum absolute atomic E-state index is 12.2. The maximum atomic E-state index is 12.2. The molecule has 0 radical (unpaired) electrons. The summed E-state index contributed by atoms with van der Waals surface area (Å²) in [6.07, 6.45) is 8.86. The molecular formula is C18H22N2O. The molecule has 2 aliphatic carbocycles. The van der Waals surface area contributed by atoms with Crippen LogP contribution in [-0.2, 0) is 24.1 Å². The smallest absolute Gasteiger partial charge is 0.225 e. The van der Waals surface area contributed by atoms with Crippen LogP contribution in [0.1, 0.15) is 55.2 Å². The first-order valence-corrected chi connectivity index (χ1v) is 8.04. The van der Waals surface area contributed by atoms with Crippen molar-refractivity contribution in [3.05, 3.63) is 34.9 Å². The van der Waals surface area contributed by atoms with E-state index in [9.17, 15) is 10.1 Å². The van der Waals surface area contributed by atoms with Crippen molar-refractivity contribution < 1.29 is 4.79 Å². The van der Waals surface area contributed by atoms with Crippen LogP contribution in [-0.4, -0.2) is 11.4 Å². The van der Waals surface area contributed by atoms with Crippen molar-refractivity contribution >= 4 is 5.91 Å². The van der Waals surface area contributed by atoms with Crippen LogP contribution in [0.4, 0.5) is 0 Å². The fourth-order valence-corrected chi connectivity index (χ4v) is 3.64. The summed E-state index contributed by atoms with van der Waals surface area (Å²) in [4.78, 5) is 12.2. The average Bonchev–Trinajstić information content (AvgIpc) is 2.96. The molecule has 110 valence electrons. The molecule has 1 aromatic carbocycles. The maximum Gasteiger partial charge on any atom is 0.225 e. The lowest BCUT2D eigenvalue weighted by atomic mass is 9.90. The Morgan fingerprint density at radius 3 is 2.57 bits per heavy atom. The average molecular weight is 282 g/mol. The summed E-state index contributed by atoms with van der Waals surface area (Å²) >= 11 is 0. The van der Waals surface area contributed by atoms with E-state index in [2.05, 4.69) is 29.6 Å². The van der Waals surface area contributed by atoms with Crippen LogP contribution in [0.25, 0.3) is 0 Å². The van der Waals surface area contributed by atoms with Crippen LogP contribution in [0.15, 0.2) is 18.2 Å². The zero-order valence-corrected chi connectivity index (χ0v) is 12.5. The highest BCUT2D eigenvalue weighted by Crippen LogP contribution is 2.29. The fraction of sp³-hybridized carbons (Fsp3) is 0.556. The zero-order valence-electron chi connectivity index (χ0n) is 12.5. The summed E-state index contributed by atoms with van der Waals surface area (Å²) in [5, 5.41) is 12.3. The number of nitrogens with one attached hydrogen (secondary N) is 1. The molecule has 1 aromatic rings. The van der Waals surface area contributed by atoms with Gasteiger partial charge in [-0.15, -0.1) is 0 Å². The molecule has 0 heterocycles. The Morgan fingerprint density at radius 2 is 1.86 bits per heavy atom. The Labute approximate surface area is 126 Å². The van der Waals surface area contributed by atoms with E-state index in [0.717, 1.165) is 37.7 Å². The molecule has 0 unspecified atom stereocenters. The van der Waals surface area contributed by atoms with Crippen molar-refractivity contribution in [2.75, 3.05) is 0 Å². The number of hydrogen-bond acceptors (Lipinski definition) is 2. The molecule has 3 heteroatoms. The summed E-state index contributed by atoms with van der Waals surface area (Å²) in [6, 6.07) is 8.73. The number of amides is 1. The lowest BCUT2D eigenvalue weighted by molar-refractivity contribution is -0.121. The summed E-state index contributed by atoms with van der Waals surface area (Å²) in [5.41, 5.74) is 3.31. The normalized spacial score (nSPS) is 19.6. The topological polar surface area (TPSA) is 52.9 Å². The number of benzene rings is 1. The van der Waals surface area contributed by atoms with Gasteiger partial charge in [-0.3, -0.25) is 4.79 Å². The third-order valence-corrected chi connectivity index (χ3v) is 4.83. The molecule has 0 aliphatic heterocycles. The van der Waals surface area contributed by atoms with E-state index >= 15 is 0 Å². The first kappa shape index (κ1) is 14.1. The van der Waals surface area contributed by atoms with Gasteiger partial charge in [0.15, 0.2) is 0 Å². The Balaban J connectivity index is 1.66. The van der Waals surface area contributed by atoms with Gasteiger partial charge in [0.25, 0.3) is 0 Å². The second-order valence-corrected chi connectivity index (χ2v) is 6.44. The molecule has 1 N–H and O–H groups in total. The first-order chi connectivity index (χ1) is 10.2. The minimum Gasteiger partial charge on any atom is -0.338 e. The third kappa shape index (κ3) is 3.10. The van der Waals surface area contributed by atoms with Crippen molar-refractivity contribution in [1.82, 2.24) is 5.32 Å². The fourth-order valence-electron chi connectivity index (χ4n) is 3.64. The van der Waals surface area contributed by atoms with Crippen molar-refractivity contribution in [3.63, 3.8) is 0 Å². The molecule has 0 atom stereocenters. The molecule has 1 amide bonds. The summed E-state index contributed by atoms with van der Waals surface area (Å²) in [6.45, 7) is 0. The first-order valence-electron chi connectivity index (χ1n) is 8.04. The van der Waals surface area contributed by atoms with Crippen molar-refractivity contribution in [1.29, 1.82) is 5.26 Å². The van der Waals surface area contributed by atoms with Gasteiger partial charge in [0.05, 0.1) is 12.5 Å². The number of carbonyl (C=O) groups is 1. The predicted molar refractivity (Wildman–Crippen MR) is 81.7 cm³/mol. The number of fused-ring (bicyclic) bond motifs is 1. The minimum absolute atomic E-state index is 0.0193. The van der Waals surface area contributed by atoms with Gasteiger partial charge in [-0.2, -0.15) is 5.26 Å². The summed E-state index contributed by atoms with van der Waals surface area (Å²) in [5.74, 6) is -0.0193. The Kier molecular flexibility index (Phi) is 3.96. The molecule has 2 aliphatic rings. The number of nitriles is 1. The van der Waals surface area contributed by atoms with Crippen LogP contribution < -0.4 is 5.32 Å². The van der Waals surface area contributed by atoms with Gasteiger partial charge in [-0.25, -0.2) is 0 Å². The van der Waals surface area contributed by atoms with E-state index in [1.807, 2.05) is 0 Å². The van der Waals surface area contributed by atoms with Crippen molar-refractivity contribution in [3.8, 4) is 6.07 Å². The number of nitrogens with zero attached hydrogens (tertiary/aromatic N) is 1. The summed E-state index contributed by atoms with van der Waals surface area (Å²) in [7, 11) is 0. The van der Waals surface area contributed by atoms with Crippen LogP contribution in [0, 0.1) is 11.3 Å².